The summed E-state index contributed by atoms with van der Waals surface area (Å²) in [5.41, 5.74) is 5.74. The second-order valence-electron chi connectivity index (χ2n) is 11.4. The van der Waals surface area contributed by atoms with Crippen molar-refractivity contribution in [2.24, 2.45) is 0 Å². The fraction of sp³-hybridized carbons (Fsp3) is 0.286. The zero-order chi connectivity index (χ0) is 34.9. The first-order valence-corrected chi connectivity index (χ1v) is 16.0. The molecule has 0 unspecified atom stereocenters. The zero-order valence-corrected chi connectivity index (χ0v) is 27.5. The first kappa shape index (κ1) is 34.8. The van der Waals surface area contributed by atoms with Crippen molar-refractivity contribution in [3.05, 3.63) is 94.8 Å². The van der Waals surface area contributed by atoms with Crippen LogP contribution in [0.25, 0.3) is 11.1 Å². The largest absolute Gasteiger partial charge is 0.490 e. The summed E-state index contributed by atoms with van der Waals surface area (Å²) in [6.45, 7) is 3.06. The van der Waals surface area contributed by atoms with Crippen molar-refractivity contribution in [3.8, 4) is 16.9 Å². The molecule has 0 spiro atoms. The molecule has 0 saturated heterocycles. The van der Waals surface area contributed by atoms with Crippen molar-refractivity contribution in [1.29, 1.82) is 0 Å². The molecule has 256 valence electrons. The zero-order valence-electron chi connectivity index (χ0n) is 26.7. The van der Waals surface area contributed by atoms with Gasteiger partial charge in [0.15, 0.2) is 0 Å². The van der Waals surface area contributed by atoms with Crippen molar-refractivity contribution in [1.82, 2.24) is 15.1 Å². The Morgan fingerprint density at radius 2 is 1.84 bits per heavy atom. The lowest BCUT2D eigenvalue weighted by Crippen LogP contribution is -2.43. The maximum Gasteiger partial charge on any atom is 0.414 e. The Hall–Kier alpha value is -5.56. The van der Waals surface area contributed by atoms with Gasteiger partial charge in [-0.25, -0.2) is 14.4 Å². The molecule has 2 heterocycles. The van der Waals surface area contributed by atoms with Crippen LogP contribution >= 0.6 is 11.6 Å². The third-order valence-corrected chi connectivity index (χ3v) is 8.39. The number of nitrogens with one attached hydrogen (secondary N) is 2. The Labute approximate surface area is 287 Å². The lowest BCUT2D eigenvalue weighted by Gasteiger charge is -2.30. The van der Waals surface area contributed by atoms with Crippen LogP contribution in [0, 0.1) is 6.92 Å². The van der Waals surface area contributed by atoms with Crippen molar-refractivity contribution in [3.63, 3.8) is 0 Å². The minimum absolute atomic E-state index is 0.0835. The fourth-order valence-electron chi connectivity index (χ4n) is 5.56. The molecule has 3 aromatic carbocycles. The molecular formula is C35H36ClN5O8. The van der Waals surface area contributed by atoms with Crippen LogP contribution in [-0.2, 0) is 27.3 Å². The molecule has 4 aromatic rings. The highest BCUT2D eigenvalue weighted by Crippen LogP contribution is 2.36. The smallest absolute Gasteiger partial charge is 0.414 e. The molecule has 4 N–H and O–H groups in total. The number of carboxylic acids is 2. The molecule has 1 aliphatic heterocycles. The number of anilines is 2. The standard InChI is InChI=1S/C35H36ClN5O8/c1-22-28(36)10-4-12-31(22)48-16-17-49-35(47)41-15-5-9-27-26(8-3-11-30(27)41)24-19-37-40(21-24)20-23-6-2-7-25(18-23)38-34(46)39-29(33(44)45)13-14-32(42)43/h2-4,6-8,10-12,18-19,21,29H,5,9,13-17,20H2,1H3,(H,42,43)(H,44,45)(H2,38,39,46)/t29-/m0/s1. The lowest BCUT2D eigenvalue weighted by atomic mass is 9.93. The van der Waals surface area contributed by atoms with Gasteiger partial charge >= 0.3 is 24.1 Å². The van der Waals surface area contributed by atoms with E-state index in [1.807, 2.05) is 43.5 Å². The SMILES string of the molecule is Cc1c(Cl)cccc1OCCOC(=O)N1CCCc2c(-c3cnn(Cc4cccc(NC(=O)N[C@@H](CCC(=O)O)C(=O)O)c4)c3)cccc21. The van der Waals surface area contributed by atoms with E-state index in [1.165, 1.54) is 0 Å². The first-order chi connectivity index (χ1) is 23.6. The highest BCUT2D eigenvalue weighted by molar-refractivity contribution is 6.31. The summed E-state index contributed by atoms with van der Waals surface area (Å²) in [5, 5.41) is 28.2. The highest BCUT2D eigenvalue weighted by Gasteiger charge is 2.26. The Balaban J connectivity index is 1.20. The summed E-state index contributed by atoms with van der Waals surface area (Å²) >= 11 is 6.16. The number of halogens is 1. The van der Waals surface area contributed by atoms with Gasteiger partial charge in [-0.15, -0.1) is 0 Å². The highest BCUT2D eigenvalue weighted by atomic mass is 35.5. The number of urea groups is 1. The van der Waals surface area contributed by atoms with E-state index in [1.54, 1.807) is 46.1 Å². The van der Waals surface area contributed by atoms with Crippen molar-refractivity contribution >= 4 is 47.0 Å². The third-order valence-electron chi connectivity index (χ3n) is 7.98. The molecule has 3 amide bonds. The minimum atomic E-state index is -1.34. The molecule has 0 bridgehead atoms. The molecule has 1 atom stereocenters. The number of hydrogen-bond acceptors (Lipinski definition) is 7. The number of hydrogen-bond donors (Lipinski definition) is 4. The molecule has 0 saturated carbocycles. The number of benzene rings is 3. The number of aliphatic carboxylic acids is 2. The number of nitrogens with zero attached hydrogens (tertiary/aromatic N) is 3. The van der Waals surface area contributed by atoms with Crippen LogP contribution in [0.2, 0.25) is 5.02 Å². The van der Waals surface area contributed by atoms with Gasteiger partial charge in [0.25, 0.3) is 0 Å². The van der Waals surface area contributed by atoms with E-state index in [9.17, 15) is 24.3 Å². The van der Waals surface area contributed by atoms with E-state index in [0.717, 1.165) is 46.3 Å². The Bertz CT molecular complexity index is 1840. The number of ether oxygens (including phenoxy) is 2. The predicted octanol–water partition coefficient (Wildman–Crippen LogP) is 5.97. The van der Waals surface area contributed by atoms with Gasteiger partial charge in [-0.05, 0) is 73.2 Å². The van der Waals surface area contributed by atoms with Crippen LogP contribution in [-0.4, -0.2) is 69.9 Å². The minimum Gasteiger partial charge on any atom is -0.490 e. The predicted molar refractivity (Wildman–Crippen MR) is 182 cm³/mol. The molecule has 0 aliphatic carbocycles. The van der Waals surface area contributed by atoms with Crippen molar-refractivity contribution in [2.75, 3.05) is 30.0 Å². The van der Waals surface area contributed by atoms with E-state index < -0.39 is 36.5 Å². The number of aromatic nitrogens is 2. The molecule has 5 rings (SSSR count). The van der Waals surface area contributed by atoms with Gasteiger partial charge in [0.05, 0.1) is 18.4 Å². The van der Waals surface area contributed by atoms with Crippen LogP contribution in [0.3, 0.4) is 0 Å². The molecule has 49 heavy (non-hydrogen) atoms. The van der Waals surface area contributed by atoms with Gasteiger partial charge < -0.3 is 30.3 Å². The van der Waals surface area contributed by atoms with Crippen LogP contribution in [0.5, 0.6) is 5.75 Å². The summed E-state index contributed by atoms with van der Waals surface area (Å²) in [6, 6.07) is 16.1. The number of amides is 3. The number of rotatable bonds is 13. The van der Waals surface area contributed by atoms with E-state index in [4.69, 9.17) is 26.2 Å². The number of carbonyl (C=O) groups is 4. The molecule has 0 fully saturated rings. The molecular weight excluding hydrogens is 654 g/mol. The summed E-state index contributed by atoms with van der Waals surface area (Å²) < 4.78 is 13.1. The molecule has 1 aliphatic rings. The number of carboxylic acid groups (broad SMARTS) is 2. The maximum atomic E-state index is 13.1. The second kappa shape index (κ2) is 16.0. The maximum absolute atomic E-state index is 13.1. The van der Waals surface area contributed by atoms with E-state index in [2.05, 4.69) is 15.7 Å². The van der Waals surface area contributed by atoms with Crippen LogP contribution in [0.4, 0.5) is 21.0 Å². The molecule has 1 aromatic heterocycles. The number of carbonyl (C=O) groups excluding carboxylic acids is 2. The topological polar surface area (TPSA) is 172 Å². The lowest BCUT2D eigenvalue weighted by molar-refractivity contribution is -0.140. The monoisotopic (exact) mass is 689 g/mol. The van der Waals surface area contributed by atoms with Gasteiger partial charge in [0, 0.05) is 41.0 Å². The van der Waals surface area contributed by atoms with Gasteiger partial charge in [0.1, 0.15) is 25.0 Å². The molecule has 14 heteroatoms. The van der Waals surface area contributed by atoms with Gasteiger partial charge in [-0.3, -0.25) is 14.4 Å². The molecule has 0 radical (unpaired) electrons. The summed E-state index contributed by atoms with van der Waals surface area (Å²) in [7, 11) is 0. The normalized spacial score (nSPS) is 12.8. The van der Waals surface area contributed by atoms with Crippen LogP contribution in [0.1, 0.15) is 36.0 Å². The second-order valence-corrected chi connectivity index (χ2v) is 11.8. The quantitative estimate of drug-likeness (QED) is 0.123. The summed E-state index contributed by atoms with van der Waals surface area (Å²) in [6.07, 6.45) is 4.15. The van der Waals surface area contributed by atoms with E-state index >= 15 is 0 Å². The fourth-order valence-corrected chi connectivity index (χ4v) is 5.73. The average Bonchev–Trinajstić information content (AvgIpc) is 3.54. The summed E-state index contributed by atoms with van der Waals surface area (Å²) in [4.78, 5) is 49.4. The van der Waals surface area contributed by atoms with Gasteiger partial charge in [-0.1, -0.05) is 41.9 Å². The van der Waals surface area contributed by atoms with Crippen molar-refractivity contribution < 1.29 is 38.9 Å². The number of fused-ring (bicyclic) bond motifs is 1. The summed E-state index contributed by atoms with van der Waals surface area (Å²) in [5.74, 6) is -1.83. The van der Waals surface area contributed by atoms with Gasteiger partial charge in [0.2, 0.25) is 0 Å². The Kier molecular flexibility index (Phi) is 11.4. The third kappa shape index (κ3) is 9.08. The first-order valence-electron chi connectivity index (χ1n) is 15.7. The van der Waals surface area contributed by atoms with Gasteiger partial charge in [-0.2, -0.15) is 5.10 Å². The van der Waals surface area contributed by atoms with Crippen LogP contribution < -0.4 is 20.3 Å². The Morgan fingerprint density at radius 3 is 2.63 bits per heavy atom. The van der Waals surface area contributed by atoms with Crippen LogP contribution in [0.15, 0.2) is 73.1 Å². The van der Waals surface area contributed by atoms with Crippen molar-refractivity contribution in [2.45, 2.75) is 45.2 Å². The Morgan fingerprint density at radius 1 is 1.04 bits per heavy atom. The average molecular weight is 690 g/mol. The molecule has 13 nitrogen and oxygen atoms in total. The van der Waals surface area contributed by atoms with E-state index in [0.29, 0.717) is 29.5 Å². The van der Waals surface area contributed by atoms with E-state index in [-0.39, 0.29) is 19.6 Å².